The highest BCUT2D eigenvalue weighted by atomic mass is 16.5. The first kappa shape index (κ1) is 14.2. The molecule has 21 heavy (non-hydrogen) atoms. The smallest absolute Gasteiger partial charge is 0.244 e. The quantitative estimate of drug-likeness (QED) is 0.918. The van der Waals surface area contributed by atoms with Gasteiger partial charge in [-0.2, -0.15) is 4.98 Å². The fourth-order valence-corrected chi connectivity index (χ4v) is 3.03. The lowest BCUT2D eigenvalue weighted by molar-refractivity contribution is 0.146. The van der Waals surface area contributed by atoms with Crippen molar-refractivity contribution in [3.05, 3.63) is 29.3 Å². The molecule has 3 heterocycles. The van der Waals surface area contributed by atoms with Crippen molar-refractivity contribution < 1.29 is 4.52 Å². The van der Waals surface area contributed by atoms with Gasteiger partial charge >= 0.3 is 0 Å². The first-order valence-electron chi connectivity index (χ1n) is 7.48. The van der Waals surface area contributed by atoms with Gasteiger partial charge in [0, 0.05) is 6.20 Å². The second-order valence-electron chi connectivity index (χ2n) is 6.61. The summed E-state index contributed by atoms with van der Waals surface area (Å²) in [5, 5.41) is 7.63. The van der Waals surface area contributed by atoms with E-state index in [-0.39, 0.29) is 11.5 Å². The van der Waals surface area contributed by atoms with Gasteiger partial charge in [-0.15, -0.1) is 0 Å². The number of aryl methyl sites for hydroxylation is 2. The summed E-state index contributed by atoms with van der Waals surface area (Å²) >= 11 is 0. The van der Waals surface area contributed by atoms with E-state index >= 15 is 0 Å². The van der Waals surface area contributed by atoms with Crippen molar-refractivity contribution in [2.45, 2.75) is 46.6 Å². The maximum absolute atomic E-state index is 5.52. The van der Waals surface area contributed by atoms with Gasteiger partial charge in [0.05, 0.1) is 6.04 Å². The van der Waals surface area contributed by atoms with Gasteiger partial charge < -0.3 is 9.84 Å². The van der Waals surface area contributed by atoms with E-state index in [1.807, 2.05) is 20.0 Å². The lowest BCUT2D eigenvalue weighted by atomic mass is 9.77. The number of aromatic nitrogens is 3. The van der Waals surface area contributed by atoms with Crippen molar-refractivity contribution in [3.8, 4) is 11.5 Å². The van der Waals surface area contributed by atoms with Crippen LogP contribution < -0.4 is 5.32 Å². The van der Waals surface area contributed by atoms with Crippen molar-refractivity contribution >= 4 is 0 Å². The molecule has 0 amide bonds. The summed E-state index contributed by atoms with van der Waals surface area (Å²) in [5.41, 5.74) is 3.12. The van der Waals surface area contributed by atoms with E-state index in [0.717, 1.165) is 29.8 Å². The highest BCUT2D eigenvalue weighted by Gasteiger charge is 2.37. The predicted molar refractivity (Wildman–Crippen MR) is 80.8 cm³/mol. The van der Waals surface area contributed by atoms with Crippen molar-refractivity contribution in [2.24, 2.45) is 5.41 Å². The molecule has 3 rings (SSSR count). The standard InChI is InChI=1S/C16H22N4O/c1-10-8-11(2)12(18-9-10)14-19-15(21-20-14)13-16(3,4)6-5-7-17-13/h8-9,13,17H,5-7H2,1-4H3. The van der Waals surface area contributed by atoms with E-state index < -0.39 is 0 Å². The largest absolute Gasteiger partial charge is 0.337 e. The lowest BCUT2D eigenvalue weighted by Gasteiger charge is -2.36. The van der Waals surface area contributed by atoms with Gasteiger partial charge in [0.25, 0.3) is 0 Å². The number of rotatable bonds is 2. The van der Waals surface area contributed by atoms with Crippen LogP contribution in [0.1, 0.15) is 49.7 Å². The molecule has 0 saturated carbocycles. The first-order valence-corrected chi connectivity index (χ1v) is 7.48. The van der Waals surface area contributed by atoms with Gasteiger partial charge in [0.1, 0.15) is 5.69 Å². The summed E-state index contributed by atoms with van der Waals surface area (Å²) in [5.74, 6) is 1.24. The lowest BCUT2D eigenvalue weighted by Crippen LogP contribution is -2.39. The minimum Gasteiger partial charge on any atom is -0.337 e. The third-order valence-electron chi connectivity index (χ3n) is 4.24. The number of nitrogens with zero attached hydrogens (tertiary/aromatic N) is 3. The molecule has 5 nitrogen and oxygen atoms in total. The highest BCUT2D eigenvalue weighted by molar-refractivity contribution is 5.54. The molecular formula is C16H22N4O. The van der Waals surface area contributed by atoms with Crippen LogP contribution in [0.2, 0.25) is 0 Å². The van der Waals surface area contributed by atoms with Crippen LogP contribution in [-0.2, 0) is 0 Å². The maximum atomic E-state index is 5.52. The minimum atomic E-state index is 0.109. The molecule has 0 aromatic carbocycles. The number of hydrogen-bond donors (Lipinski definition) is 1. The second-order valence-corrected chi connectivity index (χ2v) is 6.61. The van der Waals surface area contributed by atoms with Gasteiger partial charge in [-0.1, -0.05) is 25.1 Å². The Kier molecular flexibility index (Phi) is 3.53. The normalized spacial score (nSPS) is 21.4. The molecule has 1 aliphatic heterocycles. The number of pyridine rings is 1. The Morgan fingerprint density at radius 2 is 2.14 bits per heavy atom. The molecular weight excluding hydrogens is 264 g/mol. The Hall–Kier alpha value is -1.75. The van der Waals surface area contributed by atoms with Gasteiger partial charge in [0.15, 0.2) is 0 Å². The number of nitrogens with one attached hydrogen (secondary N) is 1. The van der Waals surface area contributed by atoms with Gasteiger partial charge in [-0.25, -0.2) is 0 Å². The first-order chi connectivity index (χ1) is 9.97. The Labute approximate surface area is 125 Å². The topological polar surface area (TPSA) is 63.8 Å². The van der Waals surface area contributed by atoms with E-state index in [1.54, 1.807) is 0 Å². The number of piperidine rings is 1. The molecule has 1 saturated heterocycles. The summed E-state index contributed by atoms with van der Waals surface area (Å²) in [4.78, 5) is 9.02. The van der Waals surface area contributed by atoms with Crippen LogP contribution in [0.15, 0.2) is 16.8 Å². The Balaban J connectivity index is 1.93. The molecule has 1 N–H and O–H groups in total. The zero-order valence-electron chi connectivity index (χ0n) is 13.1. The third-order valence-corrected chi connectivity index (χ3v) is 4.24. The average Bonchev–Trinajstić information content (AvgIpc) is 2.87. The Morgan fingerprint density at radius 3 is 2.86 bits per heavy atom. The zero-order valence-corrected chi connectivity index (χ0v) is 13.1. The molecule has 1 aliphatic rings. The van der Waals surface area contributed by atoms with Crippen LogP contribution in [0.25, 0.3) is 11.5 Å². The van der Waals surface area contributed by atoms with Crippen LogP contribution in [0, 0.1) is 19.3 Å². The number of hydrogen-bond acceptors (Lipinski definition) is 5. The molecule has 2 aromatic rings. The monoisotopic (exact) mass is 286 g/mol. The highest BCUT2D eigenvalue weighted by Crippen LogP contribution is 2.39. The van der Waals surface area contributed by atoms with Crippen molar-refractivity contribution in [3.63, 3.8) is 0 Å². The molecule has 1 atom stereocenters. The summed E-state index contributed by atoms with van der Waals surface area (Å²) < 4.78 is 5.52. The van der Waals surface area contributed by atoms with E-state index in [0.29, 0.717) is 11.7 Å². The van der Waals surface area contributed by atoms with Gasteiger partial charge in [-0.3, -0.25) is 4.98 Å². The zero-order chi connectivity index (χ0) is 15.0. The summed E-state index contributed by atoms with van der Waals surface area (Å²) in [6, 6.07) is 2.19. The van der Waals surface area contributed by atoms with Crippen LogP contribution >= 0.6 is 0 Å². The fourth-order valence-electron chi connectivity index (χ4n) is 3.03. The molecule has 112 valence electrons. The van der Waals surface area contributed by atoms with Gasteiger partial charge in [0.2, 0.25) is 11.7 Å². The van der Waals surface area contributed by atoms with Crippen molar-refractivity contribution in [1.82, 2.24) is 20.4 Å². The predicted octanol–water partition coefficient (Wildman–Crippen LogP) is 3.20. The Morgan fingerprint density at radius 1 is 1.33 bits per heavy atom. The summed E-state index contributed by atoms with van der Waals surface area (Å²) in [6.07, 6.45) is 4.18. The van der Waals surface area contributed by atoms with Gasteiger partial charge in [-0.05, 0) is 49.8 Å². The van der Waals surface area contributed by atoms with Crippen LogP contribution in [-0.4, -0.2) is 21.7 Å². The third kappa shape index (κ3) is 2.70. The molecule has 0 aliphatic carbocycles. The fraction of sp³-hybridized carbons (Fsp3) is 0.562. The maximum Gasteiger partial charge on any atom is 0.244 e. The molecule has 2 aromatic heterocycles. The molecule has 0 radical (unpaired) electrons. The Bertz CT molecular complexity index is 647. The summed E-state index contributed by atoms with van der Waals surface area (Å²) in [7, 11) is 0. The van der Waals surface area contributed by atoms with E-state index in [4.69, 9.17) is 4.52 Å². The van der Waals surface area contributed by atoms with E-state index in [2.05, 4.69) is 40.4 Å². The van der Waals surface area contributed by atoms with Crippen LogP contribution in [0.5, 0.6) is 0 Å². The molecule has 0 spiro atoms. The van der Waals surface area contributed by atoms with Crippen LogP contribution in [0.4, 0.5) is 0 Å². The molecule has 1 unspecified atom stereocenters. The molecule has 1 fully saturated rings. The van der Waals surface area contributed by atoms with Crippen LogP contribution in [0.3, 0.4) is 0 Å². The minimum absolute atomic E-state index is 0.109. The summed E-state index contributed by atoms with van der Waals surface area (Å²) in [6.45, 7) is 9.52. The van der Waals surface area contributed by atoms with Crippen molar-refractivity contribution in [2.75, 3.05) is 6.54 Å². The van der Waals surface area contributed by atoms with Crippen molar-refractivity contribution in [1.29, 1.82) is 0 Å². The average molecular weight is 286 g/mol. The second kappa shape index (κ2) is 5.22. The van der Waals surface area contributed by atoms with E-state index in [9.17, 15) is 0 Å². The molecule has 5 heteroatoms. The SMILES string of the molecule is Cc1cnc(-c2noc(C3NCCCC3(C)C)n2)c(C)c1. The van der Waals surface area contributed by atoms with E-state index in [1.165, 1.54) is 6.42 Å². The molecule has 0 bridgehead atoms.